The number of nitrogen functional groups attached to an aromatic ring is 1. The van der Waals surface area contributed by atoms with Crippen LogP contribution >= 0.6 is 27.5 Å². The van der Waals surface area contributed by atoms with Gasteiger partial charge in [-0.1, -0.05) is 28.1 Å². The normalized spacial score (nSPS) is 11.6. The molecule has 8 heteroatoms. The summed E-state index contributed by atoms with van der Waals surface area (Å²) >= 11 is 4.51. The van der Waals surface area contributed by atoms with Gasteiger partial charge in [-0.05, 0) is 29.2 Å². The predicted octanol–water partition coefficient (Wildman–Crippen LogP) is 2.53. The van der Waals surface area contributed by atoms with E-state index in [1.807, 2.05) is 36.2 Å². The van der Waals surface area contributed by atoms with E-state index in [1.54, 1.807) is 0 Å². The van der Waals surface area contributed by atoms with E-state index >= 15 is 0 Å². The number of benzene rings is 1. The number of nitrogens with two attached hydrogens (primary N) is 1. The smallest absolute Gasteiger partial charge is 0.182 e. The Labute approximate surface area is 130 Å². The van der Waals surface area contributed by atoms with Crippen LogP contribution < -0.4 is 10.6 Å². The molecule has 0 saturated heterocycles. The van der Waals surface area contributed by atoms with Gasteiger partial charge in [0.05, 0.1) is 0 Å². The third kappa shape index (κ3) is 3.31. The number of hydrogen-bond acceptors (Lipinski definition) is 6. The molecule has 1 aromatic carbocycles. The summed E-state index contributed by atoms with van der Waals surface area (Å²) < 4.78 is 28.5. The molecule has 2 rings (SSSR count). The van der Waals surface area contributed by atoms with E-state index in [9.17, 15) is 8.42 Å². The highest BCUT2D eigenvalue weighted by molar-refractivity contribution is 9.10. The van der Waals surface area contributed by atoms with Crippen LogP contribution in [-0.4, -0.2) is 26.1 Å². The van der Waals surface area contributed by atoms with Crippen molar-refractivity contribution in [3.05, 3.63) is 34.3 Å². The first-order chi connectivity index (χ1) is 9.29. The van der Waals surface area contributed by atoms with Crippen LogP contribution in [0.4, 0.5) is 10.8 Å². The van der Waals surface area contributed by atoms with E-state index in [1.165, 1.54) is 0 Å². The third-order valence-corrected chi connectivity index (χ3v) is 5.43. The fourth-order valence-corrected chi connectivity index (χ4v) is 4.49. The van der Waals surface area contributed by atoms with E-state index in [2.05, 4.69) is 20.3 Å². The maximum atomic E-state index is 11.8. The van der Waals surface area contributed by atoms with Crippen molar-refractivity contribution in [2.24, 2.45) is 0 Å². The Kier molecular flexibility index (Phi) is 4.36. The predicted molar refractivity (Wildman–Crippen MR) is 85.9 cm³/mol. The molecule has 20 heavy (non-hydrogen) atoms. The number of nitrogens with zero attached hydrogens (tertiary/aromatic N) is 2. The van der Waals surface area contributed by atoms with E-state index in [0.717, 1.165) is 27.8 Å². The molecule has 0 fully saturated rings. The van der Waals surface area contributed by atoms with Crippen LogP contribution in [0.1, 0.15) is 5.56 Å². The fraction of sp³-hybridized carbons (Fsp3) is 0.250. The van der Waals surface area contributed by atoms with Crippen LogP contribution in [0.5, 0.6) is 0 Å². The SMILES string of the molecule is CN(Cc1cccc(Br)c1)c1snc(N)c1S(C)(=O)=O. The minimum absolute atomic E-state index is 0.0635. The maximum absolute atomic E-state index is 11.8. The monoisotopic (exact) mass is 375 g/mol. The molecule has 108 valence electrons. The van der Waals surface area contributed by atoms with Gasteiger partial charge in [-0.25, -0.2) is 8.42 Å². The lowest BCUT2D eigenvalue weighted by atomic mass is 10.2. The van der Waals surface area contributed by atoms with Crippen molar-refractivity contribution in [3.63, 3.8) is 0 Å². The molecule has 0 aliphatic heterocycles. The van der Waals surface area contributed by atoms with Gasteiger partial charge in [-0.2, -0.15) is 4.37 Å². The van der Waals surface area contributed by atoms with Crippen LogP contribution in [0.3, 0.4) is 0 Å². The molecular formula is C12H14BrN3O2S2. The summed E-state index contributed by atoms with van der Waals surface area (Å²) in [6.45, 7) is 0.573. The van der Waals surface area contributed by atoms with Gasteiger partial charge in [0.2, 0.25) is 0 Å². The molecular weight excluding hydrogens is 362 g/mol. The summed E-state index contributed by atoms with van der Waals surface area (Å²) in [7, 11) is -1.57. The van der Waals surface area contributed by atoms with Gasteiger partial charge in [0.25, 0.3) is 0 Å². The first-order valence-electron chi connectivity index (χ1n) is 5.70. The average molecular weight is 376 g/mol. The van der Waals surface area contributed by atoms with Gasteiger partial charge in [0.1, 0.15) is 9.90 Å². The molecule has 0 amide bonds. The van der Waals surface area contributed by atoms with Crippen LogP contribution in [0.2, 0.25) is 0 Å². The molecule has 1 aromatic heterocycles. The minimum atomic E-state index is -3.39. The summed E-state index contributed by atoms with van der Waals surface area (Å²) in [4.78, 5) is 1.95. The van der Waals surface area contributed by atoms with Gasteiger partial charge in [0, 0.05) is 24.3 Å². The maximum Gasteiger partial charge on any atom is 0.182 e. The first-order valence-corrected chi connectivity index (χ1v) is 9.15. The van der Waals surface area contributed by atoms with Gasteiger partial charge in [-0.15, -0.1) is 0 Å². The molecule has 0 atom stereocenters. The number of hydrogen-bond donors (Lipinski definition) is 1. The van der Waals surface area contributed by atoms with Crippen LogP contribution in [-0.2, 0) is 16.4 Å². The number of aromatic nitrogens is 1. The first kappa shape index (κ1) is 15.3. The van der Waals surface area contributed by atoms with Crippen molar-refractivity contribution in [3.8, 4) is 0 Å². The van der Waals surface area contributed by atoms with E-state index in [-0.39, 0.29) is 10.7 Å². The molecule has 0 aliphatic carbocycles. The average Bonchev–Trinajstić information content (AvgIpc) is 2.71. The lowest BCUT2D eigenvalue weighted by Gasteiger charge is -2.18. The molecule has 2 aromatic rings. The molecule has 5 nitrogen and oxygen atoms in total. The molecule has 0 aliphatic rings. The Morgan fingerprint density at radius 1 is 1.45 bits per heavy atom. The second-order valence-corrected chi connectivity index (χ2v) is 8.08. The zero-order valence-electron chi connectivity index (χ0n) is 11.0. The summed E-state index contributed by atoms with van der Waals surface area (Å²) in [6.07, 6.45) is 1.14. The Morgan fingerprint density at radius 2 is 2.15 bits per heavy atom. The highest BCUT2D eigenvalue weighted by Crippen LogP contribution is 2.34. The van der Waals surface area contributed by atoms with Crippen molar-refractivity contribution in [1.82, 2.24) is 4.37 Å². The summed E-state index contributed by atoms with van der Waals surface area (Å²) in [5, 5.41) is 0.560. The van der Waals surface area contributed by atoms with Gasteiger partial charge in [0.15, 0.2) is 15.7 Å². The Hall–Kier alpha value is -1.12. The molecule has 1 heterocycles. The second kappa shape index (κ2) is 5.71. The van der Waals surface area contributed by atoms with E-state index in [0.29, 0.717) is 11.5 Å². The standard InChI is InChI=1S/C12H14BrN3O2S2/c1-16(7-8-4-3-5-9(13)6-8)12-10(20(2,17)18)11(14)15-19-12/h3-6H,7H2,1-2H3,(H2,14,15). The number of rotatable bonds is 4. The number of sulfone groups is 1. The minimum Gasteiger partial charge on any atom is -0.382 e. The van der Waals surface area contributed by atoms with E-state index < -0.39 is 9.84 Å². The molecule has 0 saturated carbocycles. The van der Waals surface area contributed by atoms with Gasteiger partial charge < -0.3 is 10.6 Å². The topological polar surface area (TPSA) is 76.3 Å². The quantitative estimate of drug-likeness (QED) is 0.888. The van der Waals surface area contributed by atoms with Crippen molar-refractivity contribution < 1.29 is 8.42 Å². The highest BCUT2D eigenvalue weighted by Gasteiger charge is 2.23. The third-order valence-electron chi connectivity index (χ3n) is 2.68. The Morgan fingerprint density at radius 3 is 2.75 bits per heavy atom. The van der Waals surface area contributed by atoms with Gasteiger partial charge >= 0.3 is 0 Å². The van der Waals surface area contributed by atoms with Crippen molar-refractivity contribution >= 4 is 48.1 Å². The fourth-order valence-electron chi connectivity index (χ4n) is 1.86. The largest absolute Gasteiger partial charge is 0.382 e. The highest BCUT2D eigenvalue weighted by atomic mass is 79.9. The molecule has 2 N–H and O–H groups in total. The zero-order chi connectivity index (χ0) is 14.9. The van der Waals surface area contributed by atoms with Gasteiger partial charge in [-0.3, -0.25) is 0 Å². The summed E-state index contributed by atoms with van der Waals surface area (Å²) in [6, 6.07) is 7.84. The summed E-state index contributed by atoms with van der Waals surface area (Å²) in [5.41, 5.74) is 6.73. The molecule has 0 bridgehead atoms. The number of anilines is 2. The summed E-state index contributed by atoms with van der Waals surface area (Å²) in [5.74, 6) is 0.0635. The van der Waals surface area contributed by atoms with Crippen LogP contribution in [0.15, 0.2) is 33.6 Å². The number of halogens is 1. The molecule has 0 spiro atoms. The second-order valence-electron chi connectivity index (χ2n) is 4.46. The van der Waals surface area contributed by atoms with Crippen molar-refractivity contribution in [2.45, 2.75) is 11.4 Å². The Balaban J connectivity index is 2.33. The molecule has 0 radical (unpaired) electrons. The lowest BCUT2D eigenvalue weighted by molar-refractivity contribution is 0.602. The van der Waals surface area contributed by atoms with Crippen molar-refractivity contribution in [1.29, 1.82) is 0 Å². The van der Waals surface area contributed by atoms with Crippen LogP contribution in [0.25, 0.3) is 0 Å². The lowest BCUT2D eigenvalue weighted by Crippen LogP contribution is -2.17. The van der Waals surface area contributed by atoms with Crippen molar-refractivity contribution in [2.75, 3.05) is 23.9 Å². The van der Waals surface area contributed by atoms with E-state index in [4.69, 9.17) is 5.73 Å². The zero-order valence-corrected chi connectivity index (χ0v) is 14.2. The Bertz CT molecular complexity index is 728. The molecule has 0 unspecified atom stereocenters. The van der Waals surface area contributed by atoms with Crippen LogP contribution in [0, 0.1) is 0 Å².